The number of hydrogen-bond donors (Lipinski definition) is 1. The van der Waals surface area contributed by atoms with Crippen LogP contribution in [0.3, 0.4) is 0 Å². The van der Waals surface area contributed by atoms with E-state index in [0.29, 0.717) is 42.8 Å². The van der Waals surface area contributed by atoms with Gasteiger partial charge in [-0.2, -0.15) is 0 Å². The third-order valence-electron chi connectivity index (χ3n) is 3.37. The van der Waals surface area contributed by atoms with Crippen LogP contribution in [0.1, 0.15) is 18.7 Å². The van der Waals surface area contributed by atoms with Crippen molar-refractivity contribution in [3.63, 3.8) is 0 Å². The molecule has 0 aliphatic carbocycles. The molecule has 5 heteroatoms. The van der Waals surface area contributed by atoms with Crippen LogP contribution in [-0.2, 0) is 5.67 Å². The first-order valence-corrected chi connectivity index (χ1v) is 6.06. The van der Waals surface area contributed by atoms with Crippen molar-refractivity contribution >= 4 is 11.1 Å². The molecule has 1 aliphatic rings. The number of benzene rings is 1. The monoisotopic (exact) mass is 250 g/mol. The molecule has 0 amide bonds. The van der Waals surface area contributed by atoms with Gasteiger partial charge < -0.3 is 14.5 Å². The standard InChI is InChI=1S/C13H15FN2O2/c1-17-9-2-3-11-10(8-9)16-12(18-11)13(14)4-6-15-7-5-13/h2-3,8,15H,4-7H2,1H3. The van der Waals surface area contributed by atoms with Crippen LogP contribution in [0.2, 0.25) is 0 Å². The zero-order valence-electron chi connectivity index (χ0n) is 10.2. The second-order valence-electron chi connectivity index (χ2n) is 4.57. The summed E-state index contributed by atoms with van der Waals surface area (Å²) in [7, 11) is 1.59. The SMILES string of the molecule is COc1ccc2oc(C3(F)CCNCC3)nc2c1. The average molecular weight is 250 g/mol. The van der Waals surface area contributed by atoms with Crippen molar-refractivity contribution in [1.29, 1.82) is 0 Å². The first kappa shape index (κ1) is 11.5. The number of nitrogens with zero attached hydrogens (tertiary/aromatic N) is 1. The van der Waals surface area contributed by atoms with E-state index in [1.54, 1.807) is 25.3 Å². The summed E-state index contributed by atoms with van der Waals surface area (Å²) in [6, 6.07) is 5.30. The molecule has 0 unspecified atom stereocenters. The normalized spacial score (nSPS) is 19.0. The molecular weight excluding hydrogens is 235 g/mol. The van der Waals surface area contributed by atoms with E-state index in [0.717, 1.165) is 0 Å². The van der Waals surface area contributed by atoms with Gasteiger partial charge in [0.15, 0.2) is 11.3 Å². The highest BCUT2D eigenvalue weighted by Crippen LogP contribution is 2.36. The van der Waals surface area contributed by atoms with E-state index in [9.17, 15) is 4.39 Å². The molecule has 96 valence electrons. The predicted octanol–water partition coefficient (Wildman–Crippen LogP) is 2.38. The van der Waals surface area contributed by atoms with E-state index < -0.39 is 5.67 Å². The van der Waals surface area contributed by atoms with Crippen LogP contribution in [-0.4, -0.2) is 25.2 Å². The maximum absolute atomic E-state index is 14.7. The van der Waals surface area contributed by atoms with E-state index in [-0.39, 0.29) is 5.89 Å². The van der Waals surface area contributed by atoms with Crippen LogP contribution in [0.5, 0.6) is 5.75 Å². The maximum atomic E-state index is 14.7. The topological polar surface area (TPSA) is 47.3 Å². The lowest BCUT2D eigenvalue weighted by molar-refractivity contribution is 0.0824. The van der Waals surface area contributed by atoms with Crippen molar-refractivity contribution in [2.24, 2.45) is 0 Å². The molecule has 1 aromatic carbocycles. The summed E-state index contributed by atoms with van der Waals surface area (Å²) in [6.07, 6.45) is 0.800. The number of oxazole rings is 1. The van der Waals surface area contributed by atoms with Gasteiger partial charge >= 0.3 is 0 Å². The van der Waals surface area contributed by atoms with Crippen LogP contribution in [0, 0.1) is 0 Å². The van der Waals surface area contributed by atoms with Gasteiger partial charge in [0.05, 0.1) is 7.11 Å². The third-order valence-corrected chi connectivity index (χ3v) is 3.37. The van der Waals surface area contributed by atoms with Crippen molar-refractivity contribution in [2.75, 3.05) is 20.2 Å². The van der Waals surface area contributed by atoms with Crippen LogP contribution < -0.4 is 10.1 Å². The molecule has 0 spiro atoms. The van der Waals surface area contributed by atoms with E-state index in [2.05, 4.69) is 10.3 Å². The Morgan fingerprint density at radius 2 is 2.17 bits per heavy atom. The lowest BCUT2D eigenvalue weighted by Crippen LogP contribution is -2.36. The number of aromatic nitrogens is 1. The molecule has 0 saturated carbocycles. The Labute approximate surface area is 104 Å². The van der Waals surface area contributed by atoms with E-state index in [1.165, 1.54) is 0 Å². The Morgan fingerprint density at radius 3 is 2.89 bits per heavy atom. The van der Waals surface area contributed by atoms with Crippen molar-refractivity contribution in [3.8, 4) is 5.75 Å². The molecule has 1 aliphatic heterocycles. The molecule has 18 heavy (non-hydrogen) atoms. The highest BCUT2D eigenvalue weighted by atomic mass is 19.1. The van der Waals surface area contributed by atoms with E-state index in [1.807, 2.05) is 0 Å². The molecule has 1 N–H and O–H groups in total. The minimum atomic E-state index is -1.45. The molecule has 4 nitrogen and oxygen atoms in total. The summed E-state index contributed by atoms with van der Waals surface area (Å²) in [4.78, 5) is 4.27. The second kappa shape index (κ2) is 4.24. The summed E-state index contributed by atoms with van der Waals surface area (Å²) >= 11 is 0. The quantitative estimate of drug-likeness (QED) is 0.889. The number of hydrogen-bond acceptors (Lipinski definition) is 4. The lowest BCUT2D eigenvalue weighted by atomic mass is 9.94. The van der Waals surface area contributed by atoms with Crippen LogP contribution >= 0.6 is 0 Å². The van der Waals surface area contributed by atoms with Crippen molar-refractivity contribution in [1.82, 2.24) is 10.3 Å². The molecule has 0 atom stereocenters. The van der Waals surface area contributed by atoms with E-state index >= 15 is 0 Å². The predicted molar refractivity (Wildman–Crippen MR) is 65.5 cm³/mol. The first-order valence-electron chi connectivity index (χ1n) is 6.06. The highest BCUT2D eigenvalue weighted by molar-refractivity contribution is 5.74. The molecule has 0 bridgehead atoms. The van der Waals surface area contributed by atoms with Crippen LogP contribution in [0.4, 0.5) is 4.39 Å². The van der Waals surface area contributed by atoms with E-state index in [4.69, 9.17) is 9.15 Å². The summed E-state index contributed by atoms with van der Waals surface area (Å²) in [6.45, 7) is 1.30. The zero-order valence-corrected chi connectivity index (χ0v) is 10.2. The minimum absolute atomic E-state index is 0.187. The summed E-state index contributed by atoms with van der Waals surface area (Å²) in [5, 5.41) is 3.13. The molecule has 3 rings (SSSR count). The molecule has 2 aromatic rings. The number of alkyl halides is 1. The fourth-order valence-electron chi connectivity index (χ4n) is 2.26. The number of piperidine rings is 1. The van der Waals surface area contributed by atoms with Crippen molar-refractivity contribution in [3.05, 3.63) is 24.1 Å². The summed E-state index contributed by atoms with van der Waals surface area (Å²) in [5.41, 5.74) is -0.210. The largest absolute Gasteiger partial charge is 0.497 e. The van der Waals surface area contributed by atoms with Gasteiger partial charge in [-0.15, -0.1) is 0 Å². The average Bonchev–Trinajstić information content (AvgIpc) is 2.83. The van der Waals surface area contributed by atoms with Gasteiger partial charge in [0, 0.05) is 18.9 Å². The van der Waals surface area contributed by atoms with Crippen LogP contribution in [0.15, 0.2) is 22.6 Å². The number of nitrogens with one attached hydrogen (secondary N) is 1. The lowest BCUT2D eigenvalue weighted by Gasteiger charge is -2.26. The molecule has 1 saturated heterocycles. The Morgan fingerprint density at radius 1 is 1.39 bits per heavy atom. The number of rotatable bonds is 2. The Balaban J connectivity index is 2.02. The van der Waals surface area contributed by atoms with Gasteiger partial charge in [-0.05, 0) is 25.2 Å². The number of halogens is 1. The minimum Gasteiger partial charge on any atom is -0.497 e. The van der Waals surface area contributed by atoms with Crippen molar-refractivity contribution in [2.45, 2.75) is 18.5 Å². The fraction of sp³-hybridized carbons (Fsp3) is 0.462. The second-order valence-corrected chi connectivity index (χ2v) is 4.57. The fourth-order valence-corrected chi connectivity index (χ4v) is 2.26. The third kappa shape index (κ3) is 1.84. The number of fused-ring (bicyclic) bond motifs is 1. The zero-order chi connectivity index (χ0) is 12.6. The molecule has 2 heterocycles. The molecule has 1 aromatic heterocycles. The van der Waals surface area contributed by atoms with Crippen LogP contribution in [0.25, 0.3) is 11.1 Å². The van der Waals surface area contributed by atoms with Gasteiger partial charge in [-0.25, -0.2) is 9.37 Å². The van der Waals surface area contributed by atoms with Gasteiger partial charge in [-0.1, -0.05) is 0 Å². The molecular formula is C13H15FN2O2. The van der Waals surface area contributed by atoms with Crippen molar-refractivity contribution < 1.29 is 13.5 Å². The molecule has 0 radical (unpaired) electrons. The smallest absolute Gasteiger partial charge is 0.233 e. The number of ether oxygens (including phenoxy) is 1. The molecule has 1 fully saturated rings. The van der Waals surface area contributed by atoms with Gasteiger partial charge in [0.1, 0.15) is 11.3 Å². The summed E-state index contributed by atoms with van der Waals surface area (Å²) < 4.78 is 25.4. The maximum Gasteiger partial charge on any atom is 0.233 e. The Hall–Kier alpha value is -1.62. The number of methoxy groups -OCH3 is 1. The van der Waals surface area contributed by atoms with Gasteiger partial charge in [0.2, 0.25) is 5.89 Å². The van der Waals surface area contributed by atoms with Gasteiger partial charge in [0.25, 0.3) is 0 Å². The van der Waals surface area contributed by atoms with Gasteiger partial charge in [-0.3, -0.25) is 0 Å². The Kier molecular flexibility index (Phi) is 2.70. The Bertz CT molecular complexity index is 561. The summed E-state index contributed by atoms with van der Waals surface area (Å²) in [5.74, 6) is 0.882. The first-order chi connectivity index (χ1) is 8.71. The highest BCUT2D eigenvalue weighted by Gasteiger charge is 2.38.